The lowest BCUT2D eigenvalue weighted by Gasteiger charge is -2.10. The minimum absolute atomic E-state index is 0.573. The maximum atomic E-state index is 10.1. The Labute approximate surface area is 92.2 Å². The molecule has 0 saturated carbocycles. The van der Waals surface area contributed by atoms with E-state index in [0.29, 0.717) is 11.3 Å². The molecule has 0 fully saturated rings. The second kappa shape index (κ2) is 4.00. The Morgan fingerprint density at radius 1 is 1.40 bits per heavy atom. The summed E-state index contributed by atoms with van der Waals surface area (Å²) < 4.78 is 0. The molecule has 2 aromatic rings. The number of aromatic nitrogens is 1. The number of hydrogen-bond donors (Lipinski definition) is 2. The number of pyridine rings is 1. The number of anilines is 1. The number of nitrogens with two attached hydrogens (primary N) is 1. The molecule has 2 rings (SSSR count). The highest BCUT2D eigenvalue weighted by molar-refractivity contribution is 7.12. The predicted molar refractivity (Wildman–Crippen MR) is 61.8 cm³/mol. The highest BCUT2D eigenvalue weighted by Crippen LogP contribution is 2.30. The Kier molecular flexibility index (Phi) is 2.70. The fourth-order valence-electron chi connectivity index (χ4n) is 1.40. The zero-order valence-corrected chi connectivity index (χ0v) is 9.16. The highest BCUT2D eigenvalue weighted by atomic mass is 32.1. The third-order valence-corrected chi connectivity index (χ3v) is 3.27. The Bertz CT molecular complexity index is 467. The van der Waals surface area contributed by atoms with Crippen LogP contribution in [-0.2, 0) is 0 Å². The molecule has 0 aliphatic heterocycles. The van der Waals surface area contributed by atoms with Crippen LogP contribution in [0, 0.1) is 6.92 Å². The highest BCUT2D eigenvalue weighted by Gasteiger charge is 2.14. The van der Waals surface area contributed by atoms with Crippen molar-refractivity contribution in [3.05, 3.63) is 45.9 Å². The lowest BCUT2D eigenvalue weighted by Crippen LogP contribution is -2.02. The van der Waals surface area contributed by atoms with Gasteiger partial charge in [-0.15, -0.1) is 11.3 Å². The van der Waals surface area contributed by atoms with Gasteiger partial charge >= 0.3 is 0 Å². The van der Waals surface area contributed by atoms with Gasteiger partial charge in [0.1, 0.15) is 6.10 Å². The molecule has 1 atom stereocenters. The van der Waals surface area contributed by atoms with Crippen molar-refractivity contribution in [2.75, 3.05) is 5.73 Å². The van der Waals surface area contributed by atoms with Crippen LogP contribution >= 0.6 is 11.3 Å². The summed E-state index contributed by atoms with van der Waals surface area (Å²) in [7, 11) is 0. The lowest BCUT2D eigenvalue weighted by molar-refractivity contribution is 0.224. The van der Waals surface area contributed by atoms with E-state index in [1.54, 1.807) is 29.8 Å². The number of thiophene rings is 1. The van der Waals surface area contributed by atoms with Crippen molar-refractivity contribution in [3.63, 3.8) is 0 Å². The van der Waals surface area contributed by atoms with E-state index in [1.807, 2.05) is 19.1 Å². The van der Waals surface area contributed by atoms with Gasteiger partial charge in [-0.25, -0.2) is 0 Å². The second-order valence-electron chi connectivity index (χ2n) is 3.36. The molecule has 0 aliphatic carbocycles. The van der Waals surface area contributed by atoms with Crippen molar-refractivity contribution in [1.29, 1.82) is 0 Å². The van der Waals surface area contributed by atoms with E-state index < -0.39 is 6.10 Å². The van der Waals surface area contributed by atoms with Gasteiger partial charge in [0.25, 0.3) is 0 Å². The molecule has 3 nitrogen and oxygen atoms in total. The summed E-state index contributed by atoms with van der Waals surface area (Å²) in [5, 5.41) is 10.1. The van der Waals surface area contributed by atoms with Gasteiger partial charge in [0.2, 0.25) is 0 Å². The van der Waals surface area contributed by atoms with Crippen molar-refractivity contribution in [2.45, 2.75) is 13.0 Å². The van der Waals surface area contributed by atoms with Gasteiger partial charge in [-0.05, 0) is 25.1 Å². The molecule has 1 unspecified atom stereocenters. The van der Waals surface area contributed by atoms with Gasteiger partial charge in [0, 0.05) is 33.4 Å². The molecular formula is C11H12N2OS. The smallest absolute Gasteiger partial charge is 0.117 e. The normalized spacial score (nSPS) is 12.7. The molecule has 15 heavy (non-hydrogen) atoms. The van der Waals surface area contributed by atoms with Crippen molar-refractivity contribution in [3.8, 4) is 0 Å². The number of rotatable bonds is 2. The number of nitrogens with zero attached hydrogens (tertiary/aromatic N) is 1. The van der Waals surface area contributed by atoms with Gasteiger partial charge in [-0.3, -0.25) is 4.98 Å². The first-order valence-electron chi connectivity index (χ1n) is 4.62. The van der Waals surface area contributed by atoms with Crippen molar-refractivity contribution in [1.82, 2.24) is 4.98 Å². The first kappa shape index (κ1) is 10.1. The number of nitrogen functional groups attached to an aromatic ring is 1. The van der Waals surface area contributed by atoms with E-state index in [1.165, 1.54) is 4.88 Å². The Balaban J connectivity index is 2.36. The summed E-state index contributed by atoms with van der Waals surface area (Å²) in [6.45, 7) is 2.01. The molecule has 0 aliphatic rings. The molecule has 0 spiro atoms. The van der Waals surface area contributed by atoms with E-state index in [2.05, 4.69) is 4.98 Å². The molecule has 2 heterocycles. The number of aliphatic hydroxyl groups excluding tert-OH is 1. The third-order valence-electron chi connectivity index (χ3n) is 2.21. The summed E-state index contributed by atoms with van der Waals surface area (Å²) in [6, 6.07) is 5.59. The molecule has 0 saturated heterocycles. The molecule has 2 aromatic heterocycles. The monoisotopic (exact) mass is 220 g/mol. The van der Waals surface area contributed by atoms with Crippen LogP contribution in [-0.4, -0.2) is 10.1 Å². The lowest BCUT2D eigenvalue weighted by atomic mass is 10.1. The van der Waals surface area contributed by atoms with Crippen LogP contribution in [0.25, 0.3) is 0 Å². The van der Waals surface area contributed by atoms with Gasteiger partial charge < -0.3 is 10.8 Å². The fourth-order valence-corrected chi connectivity index (χ4v) is 2.28. The molecule has 0 amide bonds. The van der Waals surface area contributed by atoms with Crippen molar-refractivity contribution < 1.29 is 5.11 Å². The Morgan fingerprint density at radius 2 is 2.20 bits per heavy atom. The molecular weight excluding hydrogens is 208 g/mol. The number of aliphatic hydroxyl groups is 1. The SMILES string of the molecule is Cc1ccc(C(O)c2cnccc2N)s1. The Hall–Kier alpha value is -1.39. The van der Waals surface area contributed by atoms with Gasteiger partial charge in [-0.1, -0.05) is 0 Å². The molecule has 4 heteroatoms. The van der Waals surface area contributed by atoms with Crippen LogP contribution in [0.2, 0.25) is 0 Å². The summed E-state index contributed by atoms with van der Waals surface area (Å²) >= 11 is 1.57. The summed E-state index contributed by atoms with van der Waals surface area (Å²) in [5.74, 6) is 0. The summed E-state index contributed by atoms with van der Waals surface area (Å²) in [6.07, 6.45) is 2.55. The molecule has 3 N–H and O–H groups in total. The van der Waals surface area contributed by atoms with Gasteiger partial charge in [0.15, 0.2) is 0 Å². The largest absolute Gasteiger partial charge is 0.398 e. The number of aryl methyl sites for hydroxylation is 1. The average molecular weight is 220 g/mol. The average Bonchev–Trinajstić information content (AvgIpc) is 2.65. The summed E-state index contributed by atoms with van der Waals surface area (Å²) in [4.78, 5) is 6.03. The first-order valence-corrected chi connectivity index (χ1v) is 5.44. The van der Waals surface area contributed by atoms with Crippen LogP contribution in [0.5, 0.6) is 0 Å². The van der Waals surface area contributed by atoms with Crippen LogP contribution in [0.1, 0.15) is 21.4 Å². The van der Waals surface area contributed by atoms with Crippen LogP contribution in [0.15, 0.2) is 30.6 Å². The number of hydrogen-bond acceptors (Lipinski definition) is 4. The van der Waals surface area contributed by atoms with E-state index in [9.17, 15) is 5.11 Å². The van der Waals surface area contributed by atoms with Gasteiger partial charge in [0.05, 0.1) is 0 Å². The van der Waals surface area contributed by atoms with Gasteiger partial charge in [-0.2, -0.15) is 0 Å². The van der Waals surface area contributed by atoms with Crippen LogP contribution < -0.4 is 5.73 Å². The second-order valence-corrected chi connectivity index (χ2v) is 4.68. The fraction of sp³-hybridized carbons (Fsp3) is 0.182. The van der Waals surface area contributed by atoms with Crippen LogP contribution in [0.3, 0.4) is 0 Å². The molecule has 0 radical (unpaired) electrons. The standard InChI is InChI=1S/C11H12N2OS/c1-7-2-3-10(15-7)11(14)8-6-13-5-4-9(8)12/h2-6,11,14H,1H3,(H2,12,13). The van der Waals surface area contributed by atoms with Crippen LogP contribution in [0.4, 0.5) is 5.69 Å². The van der Waals surface area contributed by atoms with E-state index in [4.69, 9.17) is 5.73 Å². The Morgan fingerprint density at radius 3 is 2.80 bits per heavy atom. The minimum atomic E-state index is -0.669. The van der Waals surface area contributed by atoms with E-state index in [0.717, 1.165) is 4.88 Å². The molecule has 78 valence electrons. The topological polar surface area (TPSA) is 59.1 Å². The predicted octanol–water partition coefficient (Wildman–Crippen LogP) is 2.12. The quantitative estimate of drug-likeness (QED) is 0.815. The van der Waals surface area contributed by atoms with E-state index in [-0.39, 0.29) is 0 Å². The molecule has 0 bridgehead atoms. The maximum Gasteiger partial charge on any atom is 0.117 e. The zero-order valence-electron chi connectivity index (χ0n) is 8.34. The first-order chi connectivity index (χ1) is 7.18. The maximum absolute atomic E-state index is 10.1. The van der Waals surface area contributed by atoms with E-state index >= 15 is 0 Å². The van der Waals surface area contributed by atoms with Crippen molar-refractivity contribution >= 4 is 17.0 Å². The summed E-state index contributed by atoms with van der Waals surface area (Å²) in [5.41, 5.74) is 7.01. The minimum Gasteiger partial charge on any atom is -0.398 e. The zero-order chi connectivity index (χ0) is 10.8. The van der Waals surface area contributed by atoms with Crippen molar-refractivity contribution in [2.24, 2.45) is 0 Å². The molecule has 0 aromatic carbocycles. The third kappa shape index (κ3) is 2.00.